The van der Waals surface area contributed by atoms with Gasteiger partial charge in [0, 0.05) is 29.6 Å². The summed E-state index contributed by atoms with van der Waals surface area (Å²) in [6, 6.07) is 19.6. The minimum atomic E-state index is -0.133. The summed E-state index contributed by atoms with van der Waals surface area (Å²) >= 11 is 0. The summed E-state index contributed by atoms with van der Waals surface area (Å²) in [4.78, 5) is 18.4. The van der Waals surface area contributed by atoms with Crippen LogP contribution in [-0.2, 0) is 19.6 Å². The molecule has 2 aromatic carbocycles. The number of tetrazole rings is 1. The first-order valence-electron chi connectivity index (χ1n) is 12.3. The number of furan rings is 1. The maximum absolute atomic E-state index is 13.1. The fraction of sp³-hybridized carbons (Fsp3) is 0.286. The van der Waals surface area contributed by atoms with Gasteiger partial charge in [-0.15, -0.1) is 5.10 Å². The first-order valence-corrected chi connectivity index (χ1v) is 12.3. The van der Waals surface area contributed by atoms with E-state index in [1.807, 2.05) is 36.4 Å². The molecule has 9 heteroatoms. The molecule has 37 heavy (non-hydrogen) atoms. The van der Waals surface area contributed by atoms with Crippen molar-refractivity contribution < 1.29 is 9.15 Å². The number of ether oxygens (including phenoxy) is 1. The Morgan fingerprint density at radius 1 is 1.11 bits per heavy atom. The molecule has 0 unspecified atom stereocenters. The summed E-state index contributed by atoms with van der Waals surface area (Å²) in [6.07, 6.45) is 2.39. The van der Waals surface area contributed by atoms with Crippen molar-refractivity contribution >= 4 is 10.9 Å². The molecule has 3 heterocycles. The molecule has 0 saturated carbocycles. The number of nitrogens with one attached hydrogen (secondary N) is 1. The normalized spacial score (nSPS) is 12.3. The van der Waals surface area contributed by atoms with Crippen LogP contribution in [0.1, 0.15) is 47.7 Å². The highest BCUT2D eigenvalue weighted by atomic mass is 16.5. The second-order valence-corrected chi connectivity index (χ2v) is 9.17. The second kappa shape index (κ2) is 10.8. The number of methoxy groups -OCH3 is 1. The van der Waals surface area contributed by atoms with Crippen molar-refractivity contribution in [3.63, 3.8) is 0 Å². The lowest BCUT2D eigenvalue weighted by atomic mass is 10.1. The lowest BCUT2D eigenvalue weighted by Crippen LogP contribution is -2.32. The van der Waals surface area contributed by atoms with Gasteiger partial charge in [0.2, 0.25) is 0 Å². The van der Waals surface area contributed by atoms with E-state index in [4.69, 9.17) is 9.15 Å². The fourth-order valence-corrected chi connectivity index (χ4v) is 4.61. The standard InChI is InChI=1S/C28H30N6O3/c1-4-26(27-30-31-32-34(27)18-24-6-5-13-37-24)33(16-20-9-7-19(2)8-10-20)17-22-14-21-15-23(36-3)11-12-25(21)29-28(22)35/h5-15,26H,4,16-18H2,1-3H3,(H,29,35)/t26-/m0/s1. The van der Waals surface area contributed by atoms with E-state index in [1.165, 1.54) is 5.56 Å². The molecule has 9 nitrogen and oxygen atoms in total. The smallest absolute Gasteiger partial charge is 0.252 e. The Hall–Kier alpha value is -4.24. The van der Waals surface area contributed by atoms with Crippen molar-refractivity contribution in [3.05, 3.63) is 106 Å². The highest BCUT2D eigenvalue weighted by Gasteiger charge is 2.26. The summed E-state index contributed by atoms with van der Waals surface area (Å²) in [7, 11) is 1.63. The third-order valence-corrected chi connectivity index (χ3v) is 6.58. The number of pyridine rings is 1. The van der Waals surface area contributed by atoms with Gasteiger partial charge in [0.15, 0.2) is 5.82 Å². The van der Waals surface area contributed by atoms with Crippen molar-refractivity contribution in [1.29, 1.82) is 0 Å². The quantitative estimate of drug-likeness (QED) is 0.300. The molecule has 0 aliphatic rings. The minimum Gasteiger partial charge on any atom is -0.497 e. The molecule has 5 rings (SSSR count). The lowest BCUT2D eigenvalue weighted by Gasteiger charge is -2.30. The number of rotatable bonds is 10. The number of benzene rings is 2. The zero-order valence-corrected chi connectivity index (χ0v) is 21.2. The molecule has 0 bridgehead atoms. The van der Waals surface area contributed by atoms with Gasteiger partial charge < -0.3 is 14.1 Å². The van der Waals surface area contributed by atoms with Gasteiger partial charge in [0.25, 0.3) is 5.56 Å². The van der Waals surface area contributed by atoms with Crippen LogP contribution in [0.4, 0.5) is 0 Å². The molecular formula is C28H30N6O3. The van der Waals surface area contributed by atoms with Crippen molar-refractivity contribution in [2.45, 2.75) is 45.9 Å². The summed E-state index contributed by atoms with van der Waals surface area (Å²) in [6.45, 7) is 5.65. The molecule has 0 amide bonds. The van der Waals surface area contributed by atoms with Gasteiger partial charge in [-0.3, -0.25) is 9.69 Å². The topological polar surface area (TPSA) is 102 Å². The van der Waals surface area contributed by atoms with Crippen LogP contribution in [0.2, 0.25) is 0 Å². The summed E-state index contributed by atoms with van der Waals surface area (Å²) in [5.41, 5.74) is 3.67. The average Bonchev–Trinajstić information content (AvgIpc) is 3.59. The first-order chi connectivity index (χ1) is 18.0. The maximum atomic E-state index is 13.1. The molecule has 0 aliphatic carbocycles. The molecule has 0 aliphatic heterocycles. The van der Waals surface area contributed by atoms with E-state index in [0.29, 0.717) is 25.2 Å². The molecule has 0 spiro atoms. The molecule has 1 N–H and O–H groups in total. The Balaban J connectivity index is 1.52. The Bertz CT molecular complexity index is 1520. The number of hydrogen-bond acceptors (Lipinski definition) is 7. The van der Waals surface area contributed by atoms with Crippen molar-refractivity contribution in [1.82, 2.24) is 30.1 Å². The highest BCUT2D eigenvalue weighted by molar-refractivity contribution is 5.80. The average molecular weight is 499 g/mol. The number of nitrogens with zero attached hydrogens (tertiary/aromatic N) is 5. The Kier molecular flexibility index (Phi) is 7.14. The van der Waals surface area contributed by atoms with E-state index in [0.717, 1.165) is 40.2 Å². The minimum absolute atomic E-state index is 0.114. The van der Waals surface area contributed by atoms with Crippen molar-refractivity contribution in [3.8, 4) is 5.75 Å². The molecular weight excluding hydrogens is 468 g/mol. The van der Waals surface area contributed by atoms with Crippen LogP contribution in [0, 0.1) is 6.92 Å². The monoisotopic (exact) mass is 498 g/mol. The summed E-state index contributed by atoms with van der Waals surface area (Å²) in [5, 5.41) is 13.5. The van der Waals surface area contributed by atoms with Crippen LogP contribution in [0.3, 0.4) is 0 Å². The Labute approximate surface area is 214 Å². The second-order valence-electron chi connectivity index (χ2n) is 9.17. The van der Waals surface area contributed by atoms with E-state index < -0.39 is 0 Å². The van der Waals surface area contributed by atoms with Gasteiger partial charge in [0.1, 0.15) is 18.1 Å². The lowest BCUT2D eigenvalue weighted by molar-refractivity contribution is 0.161. The number of fused-ring (bicyclic) bond motifs is 1. The molecule has 0 fully saturated rings. The van der Waals surface area contributed by atoms with E-state index in [-0.39, 0.29) is 11.6 Å². The maximum Gasteiger partial charge on any atom is 0.252 e. The van der Waals surface area contributed by atoms with Gasteiger partial charge >= 0.3 is 0 Å². The molecule has 5 aromatic rings. The van der Waals surface area contributed by atoms with Crippen LogP contribution in [0.15, 0.2) is 76.1 Å². The van der Waals surface area contributed by atoms with Crippen LogP contribution in [-0.4, -0.2) is 37.2 Å². The number of H-pyrrole nitrogens is 1. The van der Waals surface area contributed by atoms with Gasteiger partial charge in [-0.25, -0.2) is 4.68 Å². The number of hydrogen-bond donors (Lipinski definition) is 1. The number of aromatic amines is 1. The van der Waals surface area contributed by atoms with Crippen LogP contribution >= 0.6 is 0 Å². The van der Waals surface area contributed by atoms with E-state index in [2.05, 4.69) is 63.5 Å². The van der Waals surface area contributed by atoms with E-state index in [9.17, 15) is 4.79 Å². The third-order valence-electron chi connectivity index (χ3n) is 6.58. The van der Waals surface area contributed by atoms with Crippen molar-refractivity contribution in [2.75, 3.05) is 7.11 Å². The first kappa shape index (κ1) is 24.5. The van der Waals surface area contributed by atoms with Crippen LogP contribution in [0.5, 0.6) is 5.75 Å². The SMILES string of the molecule is CC[C@@H](c1nnnn1Cc1ccco1)N(Cc1ccc(C)cc1)Cc1cc2cc(OC)ccc2[nH]c1=O. The van der Waals surface area contributed by atoms with E-state index in [1.54, 1.807) is 18.1 Å². The zero-order valence-electron chi connectivity index (χ0n) is 21.2. The van der Waals surface area contributed by atoms with Gasteiger partial charge in [-0.2, -0.15) is 0 Å². The molecule has 190 valence electrons. The number of aryl methyl sites for hydroxylation is 1. The molecule has 3 aromatic heterocycles. The van der Waals surface area contributed by atoms with Crippen LogP contribution in [0.25, 0.3) is 10.9 Å². The predicted octanol–water partition coefficient (Wildman–Crippen LogP) is 4.63. The Morgan fingerprint density at radius 2 is 1.95 bits per heavy atom. The third kappa shape index (κ3) is 5.46. The van der Waals surface area contributed by atoms with Crippen LogP contribution < -0.4 is 10.3 Å². The largest absolute Gasteiger partial charge is 0.497 e. The Morgan fingerprint density at radius 3 is 2.68 bits per heavy atom. The zero-order chi connectivity index (χ0) is 25.8. The molecule has 0 saturated heterocycles. The predicted molar refractivity (Wildman–Crippen MR) is 140 cm³/mol. The summed E-state index contributed by atoms with van der Waals surface area (Å²) in [5.74, 6) is 2.24. The highest BCUT2D eigenvalue weighted by Crippen LogP contribution is 2.27. The van der Waals surface area contributed by atoms with Gasteiger partial charge in [-0.1, -0.05) is 36.8 Å². The molecule has 1 atom stereocenters. The number of aromatic nitrogens is 5. The van der Waals surface area contributed by atoms with E-state index >= 15 is 0 Å². The van der Waals surface area contributed by atoms with Gasteiger partial charge in [0.05, 0.1) is 19.4 Å². The fourth-order valence-electron chi connectivity index (χ4n) is 4.61. The molecule has 0 radical (unpaired) electrons. The van der Waals surface area contributed by atoms with Crippen molar-refractivity contribution in [2.24, 2.45) is 0 Å². The summed E-state index contributed by atoms with van der Waals surface area (Å²) < 4.78 is 12.7. The van der Waals surface area contributed by atoms with Gasteiger partial charge in [-0.05, 0) is 65.7 Å².